The number of aromatic nitrogens is 5. The van der Waals surface area contributed by atoms with Gasteiger partial charge < -0.3 is 30.2 Å². The van der Waals surface area contributed by atoms with Gasteiger partial charge >= 0.3 is 18.3 Å². The molecule has 1 atom stereocenters. The normalized spacial score (nSPS) is 15.2. The highest BCUT2D eigenvalue weighted by molar-refractivity contribution is 5.95. The van der Waals surface area contributed by atoms with Crippen molar-refractivity contribution in [3.05, 3.63) is 134 Å². The van der Waals surface area contributed by atoms with Crippen molar-refractivity contribution >= 4 is 34.3 Å². The van der Waals surface area contributed by atoms with E-state index in [4.69, 9.17) is 15.5 Å². The molecule has 4 aromatic heterocycles. The largest absolute Gasteiger partial charge is 0.508 e. The number of phenols is 1. The zero-order valence-corrected chi connectivity index (χ0v) is 33.6. The number of carbonyl (C=O) groups is 2. The minimum atomic E-state index is -5.20. The van der Waals surface area contributed by atoms with Crippen molar-refractivity contribution in [3.63, 3.8) is 0 Å². The van der Waals surface area contributed by atoms with Gasteiger partial charge in [-0.25, -0.2) is 14.2 Å². The zero-order chi connectivity index (χ0) is 46.3. The summed E-state index contributed by atoms with van der Waals surface area (Å²) in [5.74, 6) is 3.18. The number of hydrogen-bond acceptors (Lipinski definition) is 11. The average molecular weight is 890 g/mol. The molecule has 20 heteroatoms. The number of phenolic OH excluding ortho intramolecular Hbond substituents is 1. The van der Waals surface area contributed by atoms with Crippen molar-refractivity contribution in [3.8, 4) is 29.0 Å². The number of nitrogen functional groups attached to an aromatic ring is 1. The number of nitrogens with zero attached hydrogens (tertiary/aromatic N) is 6. The molecule has 0 unspecified atom stereocenters. The molecule has 0 radical (unpaired) electrons. The van der Waals surface area contributed by atoms with E-state index in [1.54, 1.807) is 35.8 Å². The Morgan fingerprint density at radius 3 is 2.34 bits per heavy atom. The highest BCUT2D eigenvalue weighted by Crippen LogP contribution is 2.41. The van der Waals surface area contributed by atoms with Crippen LogP contribution < -0.4 is 16.2 Å². The lowest BCUT2D eigenvalue weighted by Gasteiger charge is -2.31. The molecule has 1 amide bonds. The van der Waals surface area contributed by atoms with Crippen molar-refractivity contribution in [2.75, 3.05) is 17.2 Å². The molecule has 8 rings (SSSR count). The number of hydrogen-bond donors (Lipinski definition) is 3. The van der Waals surface area contributed by atoms with Gasteiger partial charge in [0.2, 0.25) is 5.91 Å². The Hall–Kier alpha value is -7.40. The number of aryl methyl sites for hydroxylation is 1. The number of carbonyl (C=O) groups excluding carboxylic acids is 2. The predicted octanol–water partition coefficient (Wildman–Crippen LogP) is 6.61. The molecule has 64 heavy (non-hydrogen) atoms. The first-order chi connectivity index (χ1) is 30.2. The van der Waals surface area contributed by atoms with Crippen molar-refractivity contribution in [2.24, 2.45) is 0 Å². The van der Waals surface area contributed by atoms with Crippen LogP contribution in [0.1, 0.15) is 65.0 Å². The summed E-state index contributed by atoms with van der Waals surface area (Å²) in [4.78, 5) is 47.4. The maximum Gasteiger partial charge on any atom is 0.418 e. The highest BCUT2D eigenvalue weighted by atomic mass is 19.4. The van der Waals surface area contributed by atoms with Gasteiger partial charge in [-0.1, -0.05) is 19.8 Å². The molecule has 13 nitrogen and oxygen atoms in total. The number of anilines is 2. The predicted molar refractivity (Wildman–Crippen MR) is 216 cm³/mol. The van der Waals surface area contributed by atoms with Crippen LogP contribution in [0.4, 0.5) is 42.2 Å². The summed E-state index contributed by atoms with van der Waals surface area (Å²) in [5.41, 5.74) is 3.98. The highest BCUT2D eigenvalue weighted by Gasteiger charge is 2.46. The summed E-state index contributed by atoms with van der Waals surface area (Å²) in [6, 6.07) is 14.0. The Morgan fingerprint density at radius 2 is 1.70 bits per heavy atom. The Morgan fingerprint density at radius 1 is 0.969 bits per heavy atom. The van der Waals surface area contributed by atoms with E-state index in [0.29, 0.717) is 35.5 Å². The molecule has 0 fully saturated rings. The van der Waals surface area contributed by atoms with Crippen molar-refractivity contribution in [1.29, 1.82) is 0 Å². The second-order valence-electron chi connectivity index (χ2n) is 14.6. The fourth-order valence-electron chi connectivity index (χ4n) is 7.39. The number of aromatic hydroxyl groups is 1. The number of cyclic esters (lactones) is 1. The SMILES string of the molecule is CCc1c2c(nc3ccc(O)cc13)-c1cc3c(c(=O)n1C2)COC(=O)[C@]3(O)CC.Nc1ccc(C#CCN(C(=O)Cc2ncc(C(F)(F)F)cc2C(F)(F)F)c2ccc(F)cc2)nn1. The number of fused-ring (bicyclic) bond motifs is 5. The van der Waals surface area contributed by atoms with Gasteiger partial charge in [0, 0.05) is 28.4 Å². The third-order valence-electron chi connectivity index (χ3n) is 10.6. The van der Waals surface area contributed by atoms with E-state index in [9.17, 15) is 55.3 Å². The lowest BCUT2D eigenvalue weighted by atomic mass is 9.86. The zero-order valence-electron chi connectivity index (χ0n) is 33.6. The van der Waals surface area contributed by atoms with Crippen molar-refractivity contribution in [1.82, 2.24) is 24.7 Å². The van der Waals surface area contributed by atoms with E-state index in [-0.39, 0.29) is 60.3 Å². The number of ether oxygens (including phenoxy) is 1. The van der Waals surface area contributed by atoms with Gasteiger partial charge in [-0.2, -0.15) is 26.3 Å². The maximum atomic E-state index is 13.4. The standard InChI is InChI=1S/C22H14F7N5O.C22H20N2O5/c23-14-3-6-16(7-4-14)34(9-1-2-15-5-8-19(30)33-32-15)20(35)11-18-17(22(27,28)29)10-13(12-31-18)21(24,25)26;1-3-12-13-7-11(25)5-6-17(13)23-19-14(12)9-24-18(19)8-16-15(20(24)26)10-29-21(27)22(16,28)4-2/h3-8,10,12H,9,11H2,(H2,30,33);5-8,25,28H,3-4,9-10H2,1-2H3/t;22-/m.0/s1. The van der Waals surface area contributed by atoms with E-state index in [1.165, 1.54) is 24.3 Å². The Bertz CT molecular complexity index is 2950. The van der Waals surface area contributed by atoms with Crippen LogP contribution in [-0.2, 0) is 58.3 Å². The van der Waals surface area contributed by atoms with Gasteiger partial charge in [0.25, 0.3) is 5.56 Å². The van der Waals surface area contributed by atoms with E-state index in [2.05, 4.69) is 27.0 Å². The number of amides is 1. The van der Waals surface area contributed by atoms with E-state index >= 15 is 0 Å². The van der Waals surface area contributed by atoms with Gasteiger partial charge in [-0.15, -0.1) is 10.2 Å². The molecule has 2 aromatic carbocycles. The molecule has 0 spiro atoms. The molecule has 4 N–H and O–H groups in total. The summed E-state index contributed by atoms with van der Waals surface area (Å²) in [7, 11) is 0. The van der Waals surface area contributed by atoms with Crippen LogP contribution in [0.2, 0.25) is 0 Å². The Kier molecular flexibility index (Phi) is 11.9. The number of nitrogens with two attached hydrogens (primary N) is 1. The number of halogens is 7. The van der Waals surface area contributed by atoms with Gasteiger partial charge in [0.05, 0.1) is 58.8 Å². The fourth-order valence-corrected chi connectivity index (χ4v) is 7.39. The van der Waals surface area contributed by atoms with Gasteiger partial charge in [-0.3, -0.25) is 14.6 Å². The summed E-state index contributed by atoms with van der Waals surface area (Å²) in [6.45, 7) is 3.56. The van der Waals surface area contributed by atoms with Crippen LogP contribution >= 0.6 is 0 Å². The van der Waals surface area contributed by atoms with E-state index < -0.39 is 58.9 Å². The third kappa shape index (κ3) is 8.66. The fraction of sp³-hybridized carbons (Fsp3) is 0.250. The number of aliphatic hydroxyl groups is 1. The molecule has 2 aliphatic heterocycles. The van der Waals surface area contributed by atoms with Crippen LogP contribution in [0.25, 0.3) is 22.3 Å². The van der Waals surface area contributed by atoms with Crippen LogP contribution in [-0.4, -0.2) is 53.4 Å². The Labute approximate surface area is 358 Å². The van der Waals surface area contributed by atoms with Crippen molar-refractivity contribution in [2.45, 2.75) is 64.2 Å². The molecule has 6 heterocycles. The van der Waals surface area contributed by atoms with Crippen LogP contribution in [0.5, 0.6) is 5.75 Å². The maximum absolute atomic E-state index is 13.4. The molecule has 2 aliphatic rings. The number of benzene rings is 2. The summed E-state index contributed by atoms with van der Waals surface area (Å²) >= 11 is 0. The van der Waals surface area contributed by atoms with Crippen LogP contribution in [0.3, 0.4) is 0 Å². The smallest absolute Gasteiger partial charge is 0.418 e. The second-order valence-corrected chi connectivity index (χ2v) is 14.6. The molecule has 0 bridgehead atoms. The summed E-state index contributed by atoms with van der Waals surface area (Å²) < 4.78 is 99.0. The molecule has 330 valence electrons. The monoisotopic (exact) mass is 889 g/mol. The minimum Gasteiger partial charge on any atom is -0.508 e. The number of alkyl halides is 6. The molecular formula is C44H34F7N7O6. The number of pyridine rings is 3. The van der Waals surface area contributed by atoms with Gasteiger partial charge in [0.15, 0.2) is 5.60 Å². The lowest BCUT2D eigenvalue weighted by molar-refractivity contribution is -0.172. The molecule has 0 saturated carbocycles. The molecule has 0 saturated heterocycles. The average Bonchev–Trinajstić information content (AvgIpc) is 3.62. The second kappa shape index (κ2) is 17.0. The first-order valence-corrected chi connectivity index (χ1v) is 19.3. The lowest BCUT2D eigenvalue weighted by Crippen LogP contribution is -2.44. The molecule has 0 aliphatic carbocycles. The Balaban J connectivity index is 0.000000194. The topological polar surface area (TPSA) is 187 Å². The van der Waals surface area contributed by atoms with E-state index in [0.717, 1.165) is 39.1 Å². The first kappa shape index (κ1) is 44.6. The molecule has 6 aromatic rings. The van der Waals surface area contributed by atoms with E-state index in [1.807, 2.05) is 6.92 Å². The quantitative estimate of drug-likeness (QED) is 0.0928. The van der Waals surface area contributed by atoms with Gasteiger partial charge in [-0.05, 0) is 91.1 Å². The minimum absolute atomic E-state index is 0.0922. The first-order valence-electron chi connectivity index (χ1n) is 19.3. The molecular weight excluding hydrogens is 856 g/mol. The number of esters is 1. The van der Waals surface area contributed by atoms with Crippen molar-refractivity contribution < 1.29 is 55.3 Å². The van der Waals surface area contributed by atoms with Crippen LogP contribution in [0.15, 0.2) is 77.7 Å². The third-order valence-corrected chi connectivity index (χ3v) is 10.6. The van der Waals surface area contributed by atoms with Crippen LogP contribution in [0, 0.1) is 17.7 Å². The number of rotatable bonds is 6. The summed E-state index contributed by atoms with van der Waals surface area (Å²) in [5, 5.41) is 29.0. The summed E-state index contributed by atoms with van der Waals surface area (Å²) in [6.07, 6.45) is -10.2. The van der Waals surface area contributed by atoms with Gasteiger partial charge in [0.1, 0.15) is 29.7 Å².